The summed E-state index contributed by atoms with van der Waals surface area (Å²) >= 11 is 0. The molecule has 2 atom stereocenters. The highest BCUT2D eigenvalue weighted by atomic mass is 16.5. The molecule has 112 valence electrons. The Bertz CT molecular complexity index is 403. The summed E-state index contributed by atoms with van der Waals surface area (Å²) in [5.74, 6) is 0. The van der Waals surface area contributed by atoms with Gasteiger partial charge in [0.1, 0.15) is 0 Å². The molecule has 0 amide bonds. The van der Waals surface area contributed by atoms with Gasteiger partial charge in [-0.15, -0.1) is 0 Å². The van der Waals surface area contributed by atoms with Crippen LogP contribution in [0.3, 0.4) is 0 Å². The fraction of sp³-hybridized carbons (Fsp3) is 0.625. The third-order valence-electron chi connectivity index (χ3n) is 3.77. The highest BCUT2D eigenvalue weighted by Crippen LogP contribution is 2.19. The van der Waals surface area contributed by atoms with Crippen LogP contribution < -0.4 is 5.32 Å². The summed E-state index contributed by atoms with van der Waals surface area (Å²) in [7, 11) is 0. The zero-order chi connectivity index (χ0) is 14.4. The van der Waals surface area contributed by atoms with E-state index in [1.165, 1.54) is 11.1 Å². The SMILES string of the molecule is Cc1ccccc1C(CN1CCOCC1)NC[C@H](C)O. The van der Waals surface area contributed by atoms with Crippen LogP contribution in [0, 0.1) is 6.92 Å². The molecule has 1 fully saturated rings. The van der Waals surface area contributed by atoms with Gasteiger partial charge in [-0.25, -0.2) is 0 Å². The molecular formula is C16H26N2O2. The van der Waals surface area contributed by atoms with E-state index in [2.05, 4.69) is 41.4 Å². The number of aliphatic hydroxyl groups excluding tert-OH is 1. The van der Waals surface area contributed by atoms with Crippen molar-refractivity contribution < 1.29 is 9.84 Å². The average Bonchev–Trinajstić information content (AvgIpc) is 2.45. The van der Waals surface area contributed by atoms with Crippen molar-refractivity contribution in [2.75, 3.05) is 39.4 Å². The van der Waals surface area contributed by atoms with Gasteiger partial charge in [0.15, 0.2) is 0 Å². The summed E-state index contributed by atoms with van der Waals surface area (Å²) in [5, 5.41) is 13.0. The molecule has 0 aromatic heterocycles. The maximum Gasteiger partial charge on any atom is 0.0636 e. The lowest BCUT2D eigenvalue weighted by Crippen LogP contribution is -2.43. The molecule has 20 heavy (non-hydrogen) atoms. The van der Waals surface area contributed by atoms with E-state index in [-0.39, 0.29) is 12.1 Å². The van der Waals surface area contributed by atoms with Crippen molar-refractivity contribution >= 4 is 0 Å². The second kappa shape index (κ2) is 7.74. The Morgan fingerprint density at radius 1 is 1.30 bits per heavy atom. The van der Waals surface area contributed by atoms with Crippen molar-refractivity contribution in [1.82, 2.24) is 10.2 Å². The number of aliphatic hydroxyl groups is 1. The molecule has 1 aliphatic heterocycles. The minimum absolute atomic E-state index is 0.254. The van der Waals surface area contributed by atoms with Gasteiger partial charge in [-0.2, -0.15) is 0 Å². The first-order valence-electron chi connectivity index (χ1n) is 7.44. The molecule has 1 aliphatic rings. The Morgan fingerprint density at radius 2 is 2.00 bits per heavy atom. The summed E-state index contributed by atoms with van der Waals surface area (Å²) in [6, 6.07) is 8.73. The molecule has 4 heteroatoms. The summed E-state index contributed by atoms with van der Waals surface area (Å²) < 4.78 is 5.41. The molecule has 2 rings (SSSR count). The molecular weight excluding hydrogens is 252 g/mol. The maximum atomic E-state index is 9.53. The Labute approximate surface area is 121 Å². The Balaban J connectivity index is 2.05. The van der Waals surface area contributed by atoms with Crippen molar-refractivity contribution in [1.29, 1.82) is 0 Å². The number of rotatable bonds is 6. The van der Waals surface area contributed by atoms with Crippen LogP contribution in [0.1, 0.15) is 24.1 Å². The molecule has 0 bridgehead atoms. The molecule has 0 radical (unpaired) electrons. The zero-order valence-corrected chi connectivity index (χ0v) is 12.5. The molecule has 1 aromatic carbocycles. The quantitative estimate of drug-likeness (QED) is 0.824. The number of hydrogen-bond acceptors (Lipinski definition) is 4. The molecule has 1 unspecified atom stereocenters. The van der Waals surface area contributed by atoms with Crippen LogP contribution in [0.15, 0.2) is 24.3 Å². The zero-order valence-electron chi connectivity index (χ0n) is 12.5. The summed E-state index contributed by atoms with van der Waals surface area (Å²) in [6.07, 6.45) is -0.328. The predicted molar refractivity (Wildman–Crippen MR) is 80.9 cm³/mol. The standard InChI is InChI=1S/C16H26N2O2/c1-13-5-3-4-6-15(13)16(17-11-14(2)19)12-18-7-9-20-10-8-18/h3-6,14,16-17,19H,7-12H2,1-2H3/t14-,16?/m0/s1. The van der Waals surface area contributed by atoms with Crippen molar-refractivity contribution in [3.63, 3.8) is 0 Å². The lowest BCUT2D eigenvalue weighted by atomic mass is 10.0. The molecule has 0 aliphatic carbocycles. The minimum Gasteiger partial charge on any atom is -0.392 e. The number of nitrogens with one attached hydrogen (secondary N) is 1. The number of ether oxygens (including phenoxy) is 1. The van der Waals surface area contributed by atoms with Gasteiger partial charge >= 0.3 is 0 Å². The molecule has 1 saturated heterocycles. The normalized spacial score (nSPS) is 19.8. The van der Waals surface area contributed by atoms with Crippen molar-refractivity contribution in [2.45, 2.75) is 26.0 Å². The average molecular weight is 278 g/mol. The maximum absolute atomic E-state index is 9.53. The Hall–Kier alpha value is -0.940. The van der Waals surface area contributed by atoms with Gasteiger partial charge < -0.3 is 15.2 Å². The van der Waals surface area contributed by atoms with E-state index in [0.29, 0.717) is 6.54 Å². The summed E-state index contributed by atoms with van der Waals surface area (Å²) in [6.45, 7) is 9.14. The van der Waals surface area contributed by atoms with E-state index >= 15 is 0 Å². The first-order valence-corrected chi connectivity index (χ1v) is 7.44. The molecule has 0 saturated carbocycles. The van der Waals surface area contributed by atoms with E-state index in [1.54, 1.807) is 0 Å². The fourth-order valence-corrected chi connectivity index (χ4v) is 2.61. The molecule has 2 N–H and O–H groups in total. The lowest BCUT2D eigenvalue weighted by Gasteiger charge is -2.32. The Kier molecular flexibility index (Phi) is 5.98. The molecule has 1 heterocycles. The van der Waals surface area contributed by atoms with Gasteiger partial charge in [0.05, 0.1) is 19.3 Å². The number of benzene rings is 1. The van der Waals surface area contributed by atoms with Gasteiger partial charge in [-0.3, -0.25) is 4.90 Å². The smallest absolute Gasteiger partial charge is 0.0636 e. The molecule has 1 aromatic rings. The Morgan fingerprint density at radius 3 is 2.65 bits per heavy atom. The largest absolute Gasteiger partial charge is 0.392 e. The number of nitrogens with zero attached hydrogens (tertiary/aromatic N) is 1. The van der Waals surface area contributed by atoms with Crippen LogP contribution in [0.2, 0.25) is 0 Å². The lowest BCUT2D eigenvalue weighted by molar-refractivity contribution is 0.0327. The van der Waals surface area contributed by atoms with Gasteiger partial charge in [0, 0.05) is 32.2 Å². The fourth-order valence-electron chi connectivity index (χ4n) is 2.61. The molecule has 0 spiro atoms. The number of aryl methyl sites for hydroxylation is 1. The van der Waals surface area contributed by atoms with Crippen LogP contribution in [0.4, 0.5) is 0 Å². The van der Waals surface area contributed by atoms with Crippen LogP contribution >= 0.6 is 0 Å². The predicted octanol–water partition coefficient (Wildman–Crippen LogP) is 1.34. The van der Waals surface area contributed by atoms with Gasteiger partial charge in [-0.1, -0.05) is 24.3 Å². The topological polar surface area (TPSA) is 44.7 Å². The second-order valence-corrected chi connectivity index (χ2v) is 5.58. The minimum atomic E-state index is -0.328. The van der Waals surface area contributed by atoms with E-state index in [4.69, 9.17) is 4.74 Å². The second-order valence-electron chi connectivity index (χ2n) is 5.58. The monoisotopic (exact) mass is 278 g/mol. The van der Waals surface area contributed by atoms with Crippen molar-refractivity contribution in [3.8, 4) is 0 Å². The van der Waals surface area contributed by atoms with Crippen LogP contribution in [-0.4, -0.2) is 55.5 Å². The number of morpholine rings is 1. The molecule has 4 nitrogen and oxygen atoms in total. The van der Waals surface area contributed by atoms with E-state index in [0.717, 1.165) is 32.8 Å². The van der Waals surface area contributed by atoms with Crippen LogP contribution in [0.5, 0.6) is 0 Å². The summed E-state index contributed by atoms with van der Waals surface area (Å²) in [4.78, 5) is 2.43. The first-order chi connectivity index (χ1) is 9.66. The number of hydrogen-bond donors (Lipinski definition) is 2. The van der Waals surface area contributed by atoms with Crippen molar-refractivity contribution in [3.05, 3.63) is 35.4 Å². The van der Waals surface area contributed by atoms with Crippen molar-refractivity contribution in [2.24, 2.45) is 0 Å². The highest BCUT2D eigenvalue weighted by Gasteiger charge is 2.19. The van der Waals surface area contributed by atoms with Gasteiger partial charge in [0.25, 0.3) is 0 Å². The third kappa shape index (κ3) is 4.56. The van der Waals surface area contributed by atoms with Gasteiger partial charge in [-0.05, 0) is 25.0 Å². The van der Waals surface area contributed by atoms with Gasteiger partial charge in [0.2, 0.25) is 0 Å². The van der Waals surface area contributed by atoms with E-state index in [1.807, 2.05) is 6.92 Å². The highest BCUT2D eigenvalue weighted by molar-refractivity contribution is 5.29. The van der Waals surface area contributed by atoms with E-state index in [9.17, 15) is 5.11 Å². The van der Waals surface area contributed by atoms with Crippen LogP contribution in [-0.2, 0) is 4.74 Å². The van der Waals surface area contributed by atoms with E-state index < -0.39 is 0 Å². The summed E-state index contributed by atoms with van der Waals surface area (Å²) in [5.41, 5.74) is 2.61. The van der Waals surface area contributed by atoms with Crippen LogP contribution in [0.25, 0.3) is 0 Å². The first kappa shape index (κ1) is 15.4. The third-order valence-corrected chi connectivity index (χ3v) is 3.77.